The lowest BCUT2D eigenvalue weighted by atomic mass is 9.99. The van der Waals surface area contributed by atoms with Crippen molar-refractivity contribution in [2.45, 2.75) is 61.3 Å². The standard InChI is InChI=1S/C27H23N2OS.C26H21N2OS.C25H19N2OS/c1-15(2)22-13-31-27-24(22)28-14-29(4)25(27)19-9-10-20-21-11-17-7-5-6-8-18(17)12-23(21)30-26(20)16(19)3;1-14-16(3)30-26-23(14)27-13-28(4)24(26)19-9-10-20-21-11-17-7-5-6-8-18(17)12-22(21)29-25(20)15(19)2;1-14-12-29-25-22(14)26-13-27(3)23(25)18-8-9-19-20-10-16-6-4-5-7-17(16)11-21(20)28-24(19)15(18)2/h5-15H,1-4H3;5-13H,1-4H3;4-13H,1-3H3/q3*+1. The molecule has 0 atom stereocenters. The molecule has 0 amide bonds. The maximum absolute atomic E-state index is 6.43. The Morgan fingerprint density at radius 1 is 0.378 bits per heavy atom. The second-order valence-electron chi connectivity index (χ2n) is 24.4. The van der Waals surface area contributed by atoms with Crippen molar-refractivity contribution in [2.75, 3.05) is 0 Å². The predicted octanol–water partition coefficient (Wildman–Crippen LogP) is 20.5. The summed E-state index contributed by atoms with van der Waals surface area (Å²) in [4.78, 5) is 15.4. The SMILES string of the molecule is Cc1c(-c2c3scc(C(C)C)c3nc[n+]2C)ccc2c1oc1cc3ccccc3cc12.Cc1csc2c(-c3ccc4c(oc5cc6ccccc6cc54)c3C)[n+](C)cnc12.Cc1sc2c(-c3ccc4c(oc5cc6ccccc6cc54)c3C)[n+](C)cnc2c1C. The molecule has 9 nitrogen and oxygen atoms in total. The highest BCUT2D eigenvalue weighted by atomic mass is 32.1. The lowest BCUT2D eigenvalue weighted by molar-refractivity contribution is -0.662. The number of benzene rings is 9. The van der Waals surface area contributed by atoms with Crippen LogP contribution >= 0.6 is 34.0 Å². The molecule has 0 N–H and O–H groups in total. The molecular weight excluding hydrogens is 1170 g/mol. The van der Waals surface area contributed by atoms with Crippen LogP contribution in [0.1, 0.15) is 58.0 Å². The van der Waals surface area contributed by atoms with Crippen molar-refractivity contribution in [3.05, 3.63) is 214 Å². The third-order valence-corrected chi connectivity index (χ3v) is 21.8. The van der Waals surface area contributed by atoms with E-state index in [1.54, 1.807) is 22.7 Å². The van der Waals surface area contributed by atoms with Crippen molar-refractivity contribution < 1.29 is 27.0 Å². The molecule has 438 valence electrons. The summed E-state index contributed by atoms with van der Waals surface area (Å²) in [5, 5.41) is 18.8. The molecule has 9 aromatic heterocycles. The lowest BCUT2D eigenvalue weighted by Crippen LogP contribution is -2.31. The molecule has 0 radical (unpaired) electrons. The van der Waals surface area contributed by atoms with E-state index in [1.807, 2.05) is 30.3 Å². The fourth-order valence-electron chi connectivity index (χ4n) is 13.5. The van der Waals surface area contributed by atoms with Gasteiger partial charge in [-0.15, -0.1) is 34.0 Å². The Labute approximate surface area is 531 Å². The highest BCUT2D eigenvalue weighted by molar-refractivity contribution is 7.19. The van der Waals surface area contributed by atoms with Crippen LogP contribution in [0.4, 0.5) is 0 Å². The van der Waals surface area contributed by atoms with Crippen LogP contribution < -0.4 is 13.7 Å². The second kappa shape index (κ2) is 21.2. The molecule has 0 aliphatic heterocycles. The van der Waals surface area contributed by atoms with Gasteiger partial charge < -0.3 is 13.3 Å². The minimum atomic E-state index is 0.454. The Morgan fingerprint density at radius 2 is 0.733 bits per heavy atom. The summed E-state index contributed by atoms with van der Waals surface area (Å²) < 4.78 is 29.3. The summed E-state index contributed by atoms with van der Waals surface area (Å²) in [5.41, 5.74) is 23.5. The fraction of sp³-hybridized carbons (Fsp3) is 0.154. The third kappa shape index (κ3) is 8.74. The van der Waals surface area contributed by atoms with Crippen LogP contribution in [-0.2, 0) is 21.1 Å². The Kier molecular flexibility index (Phi) is 13.1. The van der Waals surface area contributed by atoms with Gasteiger partial charge in [0.15, 0.2) is 22.6 Å². The zero-order valence-corrected chi connectivity index (χ0v) is 54.4. The molecular formula is C78H63N6O3S3+3. The van der Waals surface area contributed by atoms with Crippen molar-refractivity contribution in [3.8, 4) is 33.8 Å². The third-order valence-electron chi connectivity index (χ3n) is 18.5. The van der Waals surface area contributed by atoms with Gasteiger partial charge in [0, 0.05) is 87.3 Å². The average Bonchev–Trinajstić information content (AvgIpc) is 1.88. The molecule has 9 aromatic carbocycles. The van der Waals surface area contributed by atoms with Crippen LogP contribution in [0.15, 0.2) is 189 Å². The van der Waals surface area contributed by atoms with Crippen molar-refractivity contribution in [2.24, 2.45) is 21.1 Å². The first kappa shape index (κ1) is 55.6. The van der Waals surface area contributed by atoms with Gasteiger partial charge in [0.05, 0.1) is 21.1 Å². The molecule has 0 fully saturated rings. The van der Waals surface area contributed by atoms with Crippen LogP contribution in [0.3, 0.4) is 0 Å². The van der Waals surface area contributed by atoms with E-state index in [-0.39, 0.29) is 0 Å². The number of aryl methyl sites for hydroxylation is 9. The molecule has 90 heavy (non-hydrogen) atoms. The number of aromatic nitrogens is 6. The smallest absolute Gasteiger partial charge is 0.287 e. The first-order valence-corrected chi connectivity index (χ1v) is 33.0. The summed E-state index contributed by atoms with van der Waals surface area (Å²) in [7, 11) is 6.21. The van der Waals surface area contributed by atoms with Gasteiger partial charge in [-0.05, 0) is 178 Å². The molecule has 0 saturated carbocycles. The van der Waals surface area contributed by atoms with E-state index in [0.717, 1.165) is 55.6 Å². The molecule has 0 unspecified atom stereocenters. The first-order chi connectivity index (χ1) is 43.7. The van der Waals surface area contributed by atoms with Crippen LogP contribution in [-0.4, -0.2) is 15.0 Å². The van der Waals surface area contributed by atoms with Crippen molar-refractivity contribution in [1.29, 1.82) is 0 Å². The molecule has 18 aromatic rings. The Bertz CT molecular complexity index is 6030. The molecule has 0 bridgehead atoms. The van der Waals surface area contributed by atoms with E-state index in [9.17, 15) is 0 Å². The normalized spacial score (nSPS) is 12.0. The molecule has 9 heterocycles. The van der Waals surface area contributed by atoms with Gasteiger partial charge in [-0.1, -0.05) is 86.6 Å². The molecule has 0 aliphatic carbocycles. The number of furan rings is 3. The molecule has 0 saturated heterocycles. The number of hydrogen-bond acceptors (Lipinski definition) is 9. The van der Waals surface area contributed by atoms with E-state index in [0.29, 0.717) is 5.92 Å². The van der Waals surface area contributed by atoms with E-state index in [4.69, 9.17) is 23.2 Å². The molecule has 18 rings (SSSR count). The van der Waals surface area contributed by atoms with E-state index < -0.39 is 0 Å². The number of hydrogen-bond donors (Lipinski definition) is 0. The van der Waals surface area contributed by atoms with Crippen LogP contribution in [0, 0.1) is 41.5 Å². The summed E-state index contributed by atoms with van der Waals surface area (Å²) >= 11 is 5.36. The van der Waals surface area contributed by atoms with Crippen LogP contribution in [0.2, 0.25) is 0 Å². The summed E-state index contributed by atoms with van der Waals surface area (Å²) in [5.74, 6) is 0.454. The zero-order valence-electron chi connectivity index (χ0n) is 52.0. The van der Waals surface area contributed by atoms with Gasteiger partial charge in [-0.3, -0.25) is 0 Å². The minimum Gasteiger partial charge on any atom is -0.456 e. The first-order valence-electron chi connectivity index (χ1n) is 30.4. The van der Waals surface area contributed by atoms with Crippen molar-refractivity contribution >= 4 is 163 Å². The van der Waals surface area contributed by atoms with Gasteiger partial charge in [0.25, 0.3) is 19.0 Å². The van der Waals surface area contributed by atoms with Crippen molar-refractivity contribution in [3.63, 3.8) is 0 Å². The molecule has 0 aliphatic rings. The highest BCUT2D eigenvalue weighted by Gasteiger charge is 2.27. The van der Waals surface area contributed by atoms with Gasteiger partial charge in [-0.25, -0.2) is 13.7 Å². The Morgan fingerprint density at radius 3 is 1.14 bits per heavy atom. The minimum absolute atomic E-state index is 0.454. The van der Waals surface area contributed by atoms with Gasteiger partial charge >= 0.3 is 0 Å². The number of rotatable bonds is 4. The maximum atomic E-state index is 6.43. The largest absolute Gasteiger partial charge is 0.456 e. The maximum Gasteiger partial charge on any atom is 0.287 e. The molecule has 0 spiro atoms. The zero-order chi connectivity index (χ0) is 61.5. The van der Waals surface area contributed by atoms with Crippen molar-refractivity contribution in [1.82, 2.24) is 15.0 Å². The van der Waals surface area contributed by atoms with Gasteiger partial charge in [0.2, 0.25) is 11.0 Å². The summed E-state index contributed by atoms with van der Waals surface area (Å²) in [6.07, 6.45) is 5.77. The summed E-state index contributed by atoms with van der Waals surface area (Å²) in [6, 6.07) is 51.8. The van der Waals surface area contributed by atoms with Crippen LogP contribution in [0.25, 0.3) is 163 Å². The van der Waals surface area contributed by atoms with E-state index in [2.05, 4.69) is 252 Å². The Hall–Kier alpha value is -9.72. The van der Waals surface area contributed by atoms with E-state index >= 15 is 0 Å². The van der Waals surface area contributed by atoms with E-state index in [1.165, 1.54) is 145 Å². The predicted molar refractivity (Wildman–Crippen MR) is 376 cm³/mol. The lowest BCUT2D eigenvalue weighted by Gasteiger charge is -2.08. The fourth-order valence-corrected chi connectivity index (χ4v) is 17.1. The monoisotopic (exact) mass is 1230 g/mol. The van der Waals surface area contributed by atoms with Crippen LogP contribution in [0.5, 0.6) is 0 Å². The second-order valence-corrected chi connectivity index (χ2v) is 27.4. The highest BCUT2D eigenvalue weighted by Crippen LogP contribution is 2.44. The topological polar surface area (TPSA) is 89.7 Å². The summed E-state index contributed by atoms with van der Waals surface area (Å²) in [6.45, 7) is 17.4. The van der Waals surface area contributed by atoms with Gasteiger partial charge in [-0.2, -0.15) is 0 Å². The molecule has 12 heteroatoms. The quantitative estimate of drug-likeness (QED) is 0.163. The Balaban J connectivity index is 0.000000108. The number of thiophene rings is 3. The van der Waals surface area contributed by atoms with Gasteiger partial charge in [0.1, 0.15) is 47.6 Å². The number of nitrogens with zero attached hydrogens (tertiary/aromatic N) is 6. The average molecular weight is 1230 g/mol. The number of fused-ring (bicyclic) bond motifs is 15.